The Hall–Kier alpha value is -1.81. The van der Waals surface area contributed by atoms with Crippen LogP contribution in [0.2, 0.25) is 0 Å². The summed E-state index contributed by atoms with van der Waals surface area (Å²) in [6.45, 7) is 6.74. The Morgan fingerprint density at radius 1 is 1.33 bits per heavy atom. The van der Waals surface area contributed by atoms with Crippen molar-refractivity contribution in [3.63, 3.8) is 0 Å². The SMILES string of the molecule is CC1CCN(CCCOc2ccc(-n3c[c]cn3)cc2)C1. The van der Waals surface area contributed by atoms with E-state index in [0.717, 1.165) is 36.9 Å². The molecule has 1 aromatic carbocycles. The maximum Gasteiger partial charge on any atom is 0.119 e. The van der Waals surface area contributed by atoms with E-state index in [9.17, 15) is 0 Å². The average molecular weight is 284 g/mol. The Morgan fingerprint density at radius 2 is 2.19 bits per heavy atom. The maximum absolute atomic E-state index is 5.80. The van der Waals surface area contributed by atoms with Gasteiger partial charge >= 0.3 is 0 Å². The number of likely N-dealkylation sites (tertiary alicyclic amines) is 1. The lowest BCUT2D eigenvalue weighted by Gasteiger charge is -2.15. The standard InChI is InChI=1S/C17H22N3O/c1-15-8-12-19(14-15)10-3-13-21-17-6-4-16(5-7-17)20-11-2-9-18-20/h4-7,9,11,15H,3,8,10,12-14H2,1H3. The second kappa shape index (κ2) is 6.76. The number of ether oxygens (including phenoxy) is 1. The van der Waals surface area contributed by atoms with E-state index in [1.165, 1.54) is 19.5 Å². The predicted molar refractivity (Wildman–Crippen MR) is 82.7 cm³/mol. The first-order valence-electron chi connectivity index (χ1n) is 7.67. The molecule has 3 rings (SSSR count). The number of hydrogen-bond acceptors (Lipinski definition) is 3. The van der Waals surface area contributed by atoms with Gasteiger partial charge in [-0.25, -0.2) is 4.68 Å². The summed E-state index contributed by atoms with van der Waals surface area (Å²) in [7, 11) is 0. The molecule has 0 aliphatic carbocycles. The van der Waals surface area contributed by atoms with Crippen molar-refractivity contribution in [3.05, 3.63) is 42.7 Å². The molecule has 1 aromatic heterocycles. The smallest absolute Gasteiger partial charge is 0.119 e. The molecule has 111 valence electrons. The molecule has 4 nitrogen and oxygen atoms in total. The topological polar surface area (TPSA) is 30.3 Å². The fraction of sp³-hybridized carbons (Fsp3) is 0.471. The van der Waals surface area contributed by atoms with E-state index >= 15 is 0 Å². The van der Waals surface area contributed by atoms with Crippen molar-refractivity contribution >= 4 is 0 Å². The molecule has 1 radical (unpaired) electrons. The third-order valence-corrected chi connectivity index (χ3v) is 3.95. The van der Waals surface area contributed by atoms with E-state index in [0.29, 0.717) is 0 Å². The minimum Gasteiger partial charge on any atom is -0.494 e. The van der Waals surface area contributed by atoms with Gasteiger partial charge in [0.25, 0.3) is 0 Å². The Bertz CT molecular complexity index is 536. The Balaban J connectivity index is 1.41. The van der Waals surface area contributed by atoms with Crippen molar-refractivity contribution in [3.8, 4) is 11.4 Å². The molecule has 1 saturated heterocycles. The average Bonchev–Trinajstić information content (AvgIpc) is 3.16. The fourth-order valence-electron chi connectivity index (χ4n) is 2.78. The first-order chi connectivity index (χ1) is 10.3. The van der Waals surface area contributed by atoms with E-state index in [1.807, 2.05) is 30.5 Å². The summed E-state index contributed by atoms with van der Waals surface area (Å²) in [4.78, 5) is 2.53. The van der Waals surface area contributed by atoms with Crippen LogP contribution < -0.4 is 4.74 Å². The Morgan fingerprint density at radius 3 is 2.86 bits per heavy atom. The highest BCUT2D eigenvalue weighted by atomic mass is 16.5. The zero-order valence-electron chi connectivity index (χ0n) is 12.5. The number of nitrogens with zero attached hydrogens (tertiary/aromatic N) is 3. The molecule has 1 aliphatic heterocycles. The monoisotopic (exact) mass is 284 g/mol. The molecule has 0 N–H and O–H groups in total. The van der Waals surface area contributed by atoms with E-state index < -0.39 is 0 Å². The lowest BCUT2D eigenvalue weighted by molar-refractivity contribution is 0.259. The van der Waals surface area contributed by atoms with Crippen LogP contribution in [0.1, 0.15) is 19.8 Å². The largest absolute Gasteiger partial charge is 0.494 e. The van der Waals surface area contributed by atoms with Crippen molar-refractivity contribution in [1.82, 2.24) is 14.7 Å². The number of hydrogen-bond donors (Lipinski definition) is 0. The Kier molecular flexibility index (Phi) is 4.55. The van der Waals surface area contributed by atoms with Crippen LogP contribution in [0, 0.1) is 12.0 Å². The van der Waals surface area contributed by atoms with Crippen molar-refractivity contribution < 1.29 is 4.74 Å². The van der Waals surface area contributed by atoms with Gasteiger partial charge in [0.05, 0.1) is 18.5 Å². The lowest BCUT2D eigenvalue weighted by Crippen LogP contribution is -2.22. The normalized spacial score (nSPS) is 19.0. The quantitative estimate of drug-likeness (QED) is 0.764. The molecule has 4 heteroatoms. The van der Waals surface area contributed by atoms with Crippen LogP contribution >= 0.6 is 0 Å². The van der Waals surface area contributed by atoms with Crippen LogP contribution in [0.15, 0.2) is 36.7 Å². The van der Waals surface area contributed by atoms with Crippen LogP contribution in [0.25, 0.3) is 5.69 Å². The lowest BCUT2D eigenvalue weighted by atomic mass is 10.2. The molecule has 1 fully saturated rings. The van der Waals surface area contributed by atoms with Gasteiger partial charge < -0.3 is 9.64 Å². The Labute approximate surface area is 126 Å². The molecule has 1 unspecified atom stereocenters. The predicted octanol–water partition coefficient (Wildman–Crippen LogP) is 2.78. The first kappa shape index (κ1) is 14.1. The van der Waals surface area contributed by atoms with Crippen LogP contribution in [-0.4, -0.2) is 40.9 Å². The highest BCUT2D eigenvalue weighted by Gasteiger charge is 2.17. The summed E-state index contributed by atoms with van der Waals surface area (Å²) in [5.74, 6) is 1.78. The van der Waals surface area contributed by atoms with Crippen molar-refractivity contribution in [2.75, 3.05) is 26.2 Å². The van der Waals surface area contributed by atoms with Gasteiger partial charge in [0, 0.05) is 25.4 Å². The second-order valence-corrected chi connectivity index (χ2v) is 5.78. The van der Waals surface area contributed by atoms with Gasteiger partial charge in [-0.3, -0.25) is 0 Å². The first-order valence-corrected chi connectivity index (χ1v) is 7.67. The van der Waals surface area contributed by atoms with E-state index in [-0.39, 0.29) is 0 Å². The molecule has 0 amide bonds. The summed E-state index contributed by atoms with van der Waals surface area (Å²) in [5.41, 5.74) is 1.02. The number of rotatable bonds is 6. The summed E-state index contributed by atoms with van der Waals surface area (Å²) in [6.07, 6.45) is 5.90. The third kappa shape index (κ3) is 3.85. The molecular formula is C17H22N3O. The van der Waals surface area contributed by atoms with Crippen LogP contribution in [0.5, 0.6) is 5.75 Å². The third-order valence-electron chi connectivity index (χ3n) is 3.95. The van der Waals surface area contributed by atoms with Crippen LogP contribution in [0.4, 0.5) is 0 Å². The summed E-state index contributed by atoms with van der Waals surface area (Å²) >= 11 is 0. The molecule has 0 saturated carbocycles. The van der Waals surface area contributed by atoms with Gasteiger partial charge in [0.1, 0.15) is 5.75 Å². The van der Waals surface area contributed by atoms with E-state index in [1.54, 1.807) is 10.9 Å². The molecule has 2 heterocycles. The molecule has 0 bridgehead atoms. The second-order valence-electron chi connectivity index (χ2n) is 5.78. The minimum atomic E-state index is 0.778. The summed E-state index contributed by atoms with van der Waals surface area (Å²) in [6, 6.07) is 10.9. The highest BCUT2D eigenvalue weighted by molar-refractivity contribution is 5.36. The number of aromatic nitrogens is 2. The van der Waals surface area contributed by atoms with Gasteiger partial charge in [0.15, 0.2) is 0 Å². The summed E-state index contributed by atoms with van der Waals surface area (Å²) < 4.78 is 7.59. The minimum absolute atomic E-state index is 0.778. The zero-order valence-corrected chi connectivity index (χ0v) is 12.5. The summed E-state index contributed by atoms with van der Waals surface area (Å²) in [5, 5.41) is 4.16. The van der Waals surface area contributed by atoms with Gasteiger partial charge in [-0.15, -0.1) is 0 Å². The highest BCUT2D eigenvalue weighted by Crippen LogP contribution is 2.16. The molecule has 2 aromatic rings. The van der Waals surface area contributed by atoms with Gasteiger partial charge in [-0.05, 0) is 49.6 Å². The van der Waals surface area contributed by atoms with E-state index in [2.05, 4.69) is 23.0 Å². The molecular weight excluding hydrogens is 262 g/mol. The van der Waals surface area contributed by atoms with Crippen molar-refractivity contribution in [2.24, 2.45) is 5.92 Å². The molecule has 0 spiro atoms. The van der Waals surface area contributed by atoms with Crippen LogP contribution in [0.3, 0.4) is 0 Å². The van der Waals surface area contributed by atoms with Gasteiger partial charge in [-0.2, -0.15) is 5.10 Å². The molecule has 1 atom stereocenters. The van der Waals surface area contributed by atoms with Gasteiger partial charge in [0.2, 0.25) is 0 Å². The molecule has 1 aliphatic rings. The van der Waals surface area contributed by atoms with Crippen molar-refractivity contribution in [2.45, 2.75) is 19.8 Å². The number of benzene rings is 1. The maximum atomic E-state index is 5.80. The zero-order chi connectivity index (χ0) is 14.5. The van der Waals surface area contributed by atoms with E-state index in [4.69, 9.17) is 4.74 Å². The fourth-order valence-corrected chi connectivity index (χ4v) is 2.78. The molecule has 21 heavy (non-hydrogen) atoms. The van der Waals surface area contributed by atoms with Gasteiger partial charge in [-0.1, -0.05) is 6.92 Å². The van der Waals surface area contributed by atoms with Crippen molar-refractivity contribution in [1.29, 1.82) is 0 Å². The van der Waals surface area contributed by atoms with Crippen LogP contribution in [-0.2, 0) is 0 Å².